The number of amides is 1. The van der Waals surface area contributed by atoms with E-state index in [2.05, 4.69) is 15.5 Å². The summed E-state index contributed by atoms with van der Waals surface area (Å²) in [6.45, 7) is 3.71. The minimum atomic E-state index is -4.42. The molecule has 5 nitrogen and oxygen atoms in total. The van der Waals surface area contributed by atoms with Crippen LogP contribution in [0.2, 0.25) is 5.02 Å². The number of halogens is 7. The summed E-state index contributed by atoms with van der Waals surface area (Å²) in [5.74, 6) is 0.109. The molecule has 0 radical (unpaired) electrons. The zero-order valence-corrected chi connectivity index (χ0v) is 23.9. The lowest BCUT2D eigenvalue weighted by molar-refractivity contribution is -0.137. The van der Waals surface area contributed by atoms with E-state index in [0.717, 1.165) is 51.0 Å². The molecule has 1 amide bonds. The standard InChI is InChI=1S/C28H33ClF6N4OS/c29-24-8-7-23(18-25(24)41-28(33,34)35)37-22-11-16-39(17-12-22)26(40)2-1-13-38-14-9-21(10-15-38)36-20-5-3-19(4-6-20)27(30,31)32/h3-8,18,21-22,36-37H,1-2,9-17H2. The Morgan fingerprint density at radius 2 is 1.41 bits per heavy atom. The van der Waals surface area contributed by atoms with E-state index in [1.54, 1.807) is 6.07 Å². The number of carbonyl (C=O) groups is 1. The molecule has 226 valence electrons. The third-order valence-electron chi connectivity index (χ3n) is 7.41. The molecule has 2 aromatic rings. The highest BCUT2D eigenvalue weighted by molar-refractivity contribution is 8.00. The summed E-state index contributed by atoms with van der Waals surface area (Å²) in [6.07, 6.45) is 0.0192. The average molecular weight is 623 g/mol. The number of thioether (sulfide) groups is 1. The van der Waals surface area contributed by atoms with Crippen molar-refractivity contribution in [3.05, 3.63) is 53.1 Å². The molecular formula is C28H33ClF6N4OS. The van der Waals surface area contributed by atoms with Crippen molar-refractivity contribution in [3.8, 4) is 0 Å². The Hall–Kier alpha value is -2.31. The van der Waals surface area contributed by atoms with Crippen LogP contribution < -0.4 is 10.6 Å². The van der Waals surface area contributed by atoms with Gasteiger partial charge in [-0.3, -0.25) is 4.79 Å². The monoisotopic (exact) mass is 622 g/mol. The molecule has 2 saturated heterocycles. The number of carbonyl (C=O) groups excluding carboxylic acids is 1. The lowest BCUT2D eigenvalue weighted by atomic mass is 10.0. The number of hydrogen-bond donors (Lipinski definition) is 2. The summed E-state index contributed by atoms with van der Waals surface area (Å²) in [5, 5.41) is 6.64. The highest BCUT2D eigenvalue weighted by Gasteiger charge is 2.31. The molecule has 0 spiro atoms. The van der Waals surface area contributed by atoms with Crippen molar-refractivity contribution in [1.29, 1.82) is 0 Å². The van der Waals surface area contributed by atoms with Gasteiger partial charge in [0.15, 0.2) is 0 Å². The molecule has 0 unspecified atom stereocenters. The summed E-state index contributed by atoms with van der Waals surface area (Å²) >= 11 is 5.68. The van der Waals surface area contributed by atoms with Crippen molar-refractivity contribution in [2.75, 3.05) is 43.4 Å². The summed E-state index contributed by atoms with van der Waals surface area (Å²) in [6, 6.07) is 9.88. The fraction of sp³-hybridized carbons (Fsp3) is 0.536. The van der Waals surface area contributed by atoms with Crippen LogP contribution in [0.25, 0.3) is 0 Å². The summed E-state index contributed by atoms with van der Waals surface area (Å²) in [7, 11) is 0. The Balaban J connectivity index is 1.11. The zero-order valence-electron chi connectivity index (χ0n) is 22.3. The van der Waals surface area contributed by atoms with Crippen molar-refractivity contribution in [2.24, 2.45) is 0 Å². The number of hydrogen-bond acceptors (Lipinski definition) is 5. The maximum Gasteiger partial charge on any atom is 0.446 e. The first kappa shape index (κ1) is 31.6. The molecule has 2 heterocycles. The molecule has 2 N–H and O–H groups in total. The van der Waals surface area contributed by atoms with E-state index in [4.69, 9.17) is 11.6 Å². The van der Waals surface area contributed by atoms with Crippen molar-refractivity contribution in [2.45, 2.75) is 67.2 Å². The first-order valence-electron chi connectivity index (χ1n) is 13.6. The van der Waals surface area contributed by atoms with Gasteiger partial charge < -0.3 is 20.4 Å². The number of nitrogens with zero attached hydrogens (tertiary/aromatic N) is 2. The van der Waals surface area contributed by atoms with E-state index < -0.39 is 17.2 Å². The van der Waals surface area contributed by atoms with Crippen LogP contribution in [-0.4, -0.2) is 66.0 Å². The Bertz CT molecular complexity index is 1150. The molecule has 2 fully saturated rings. The van der Waals surface area contributed by atoms with E-state index in [1.807, 2.05) is 4.90 Å². The van der Waals surface area contributed by atoms with Crippen LogP contribution in [0.15, 0.2) is 47.4 Å². The third-order valence-corrected chi connectivity index (χ3v) is 8.64. The molecular weight excluding hydrogens is 590 g/mol. The molecule has 41 heavy (non-hydrogen) atoms. The topological polar surface area (TPSA) is 47.6 Å². The Morgan fingerprint density at radius 3 is 2.00 bits per heavy atom. The summed E-state index contributed by atoms with van der Waals surface area (Å²) in [5.41, 5.74) is -3.82. The number of piperidine rings is 2. The lowest BCUT2D eigenvalue weighted by Gasteiger charge is -2.34. The van der Waals surface area contributed by atoms with Gasteiger partial charge >= 0.3 is 11.7 Å². The number of anilines is 2. The van der Waals surface area contributed by atoms with Gasteiger partial charge in [0.2, 0.25) is 5.91 Å². The quantitative estimate of drug-likeness (QED) is 0.221. The molecule has 2 aromatic carbocycles. The van der Waals surface area contributed by atoms with E-state index >= 15 is 0 Å². The highest BCUT2D eigenvalue weighted by Crippen LogP contribution is 2.41. The van der Waals surface area contributed by atoms with Crippen LogP contribution in [0.5, 0.6) is 0 Å². The van der Waals surface area contributed by atoms with Gasteiger partial charge in [0.1, 0.15) is 0 Å². The molecule has 0 saturated carbocycles. The van der Waals surface area contributed by atoms with E-state index in [1.165, 1.54) is 24.3 Å². The fourth-order valence-corrected chi connectivity index (χ4v) is 6.04. The molecule has 2 aliphatic rings. The van der Waals surface area contributed by atoms with E-state index in [0.29, 0.717) is 43.7 Å². The number of likely N-dealkylation sites (tertiary alicyclic amines) is 2. The molecule has 2 aliphatic heterocycles. The predicted molar refractivity (Wildman–Crippen MR) is 150 cm³/mol. The Morgan fingerprint density at radius 1 is 0.854 bits per heavy atom. The second kappa shape index (κ2) is 13.8. The molecule has 13 heteroatoms. The smallest absolute Gasteiger partial charge is 0.382 e. The van der Waals surface area contributed by atoms with Crippen LogP contribution in [0.3, 0.4) is 0 Å². The van der Waals surface area contributed by atoms with Crippen LogP contribution in [0, 0.1) is 0 Å². The molecule has 0 atom stereocenters. The number of rotatable bonds is 9. The van der Waals surface area contributed by atoms with Crippen LogP contribution >= 0.6 is 23.4 Å². The second-order valence-electron chi connectivity index (χ2n) is 10.4. The van der Waals surface area contributed by atoms with Crippen molar-refractivity contribution in [3.63, 3.8) is 0 Å². The summed E-state index contributed by atoms with van der Waals surface area (Å²) < 4.78 is 76.5. The van der Waals surface area contributed by atoms with Crippen LogP contribution in [-0.2, 0) is 11.0 Å². The largest absolute Gasteiger partial charge is 0.446 e. The van der Waals surface area contributed by atoms with Crippen molar-refractivity contribution in [1.82, 2.24) is 9.80 Å². The van der Waals surface area contributed by atoms with Crippen LogP contribution in [0.4, 0.5) is 37.7 Å². The number of nitrogens with one attached hydrogen (secondary N) is 2. The van der Waals surface area contributed by atoms with Gasteiger partial charge in [0, 0.05) is 61.0 Å². The normalized spacial score (nSPS) is 18.0. The zero-order chi connectivity index (χ0) is 29.6. The maximum atomic E-state index is 12.8. The van der Waals surface area contributed by atoms with Gasteiger partial charge in [0.05, 0.1) is 10.6 Å². The van der Waals surface area contributed by atoms with Crippen molar-refractivity contribution >= 4 is 40.6 Å². The van der Waals surface area contributed by atoms with Gasteiger partial charge in [-0.05, 0) is 92.9 Å². The van der Waals surface area contributed by atoms with Gasteiger partial charge in [-0.1, -0.05) is 11.6 Å². The molecule has 0 bridgehead atoms. The van der Waals surface area contributed by atoms with Gasteiger partial charge in [-0.15, -0.1) is 0 Å². The maximum absolute atomic E-state index is 12.8. The third kappa shape index (κ3) is 9.89. The minimum absolute atomic E-state index is 0.0450. The summed E-state index contributed by atoms with van der Waals surface area (Å²) in [4.78, 5) is 16.9. The first-order chi connectivity index (χ1) is 19.4. The van der Waals surface area contributed by atoms with Crippen molar-refractivity contribution < 1.29 is 31.1 Å². The molecule has 0 aliphatic carbocycles. The average Bonchev–Trinajstić information content (AvgIpc) is 2.91. The van der Waals surface area contributed by atoms with Gasteiger partial charge in [0.25, 0.3) is 0 Å². The van der Waals surface area contributed by atoms with E-state index in [-0.39, 0.29) is 39.7 Å². The van der Waals surface area contributed by atoms with Gasteiger partial charge in [-0.2, -0.15) is 26.3 Å². The van der Waals surface area contributed by atoms with Gasteiger partial charge in [-0.25, -0.2) is 0 Å². The number of alkyl halides is 6. The molecule has 4 rings (SSSR count). The SMILES string of the molecule is O=C(CCCN1CCC(Nc2ccc(C(F)(F)F)cc2)CC1)N1CCC(Nc2ccc(Cl)c(SC(F)(F)F)c2)CC1. The molecule has 0 aromatic heterocycles. The lowest BCUT2D eigenvalue weighted by Crippen LogP contribution is -2.43. The van der Waals surface area contributed by atoms with Crippen LogP contribution in [0.1, 0.15) is 44.1 Å². The highest BCUT2D eigenvalue weighted by atomic mass is 35.5. The predicted octanol–water partition coefficient (Wildman–Crippen LogP) is 7.73. The first-order valence-corrected chi connectivity index (χ1v) is 14.8. The minimum Gasteiger partial charge on any atom is -0.382 e. The fourth-order valence-electron chi connectivity index (χ4n) is 5.21. The second-order valence-corrected chi connectivity index (χ2v) is 11.9. The van der Waals surface area contributed by atoms with E-state index in [9.17, 15) is 31.1 Å². The Kier molecular flexibility index (Phi) is 10.6. The Labute approximate surface area is 245 Å². The number of benzene rings is 2.